The van der Waals surface area contributed by atoms with Crippen LogP contribution in [0.4, 0.5) is 0 Å². The van der Waals surface area contributed by atoms with E-state index in [4.69, 9.17) is 4.74 Å². The minimum absolute atomic E-state index is 0.217. The predicted molar refractivity (Wildman–Crippen MR) is 89.9 cm³/mol. The van der Waals surface area contributed by atoms with Crippen LogP contribution in [0.2, 0.25) is 0 Å². The van der Waals surface area contributed by atoms with Crippen molar-refractivity contribution in [3.05, 3.63) is 29.8 Å². The van der Waals surface area contributed by atoms with Crippen LogP contribution in [-0.2, 0) is 0 Å². The summed E-state index contributed by atoms with van der Waals surface area (Å²) in [6.07, 6.45) is 10.5. The molecule has 1 aromatic rings. The van der Waals surface area contributed by atoms with E-state index in [2.05, 4.69) is 19.9 Å². The molecule has 0 saturated heterocycles. The Hall–Kier alpha value is -1.02. The number of hydrogen-bond donors (Lipinski definition) is 1. The number of rotatable bonds is 12. The van der Waals surface area contributed by atoms with Crippen LogP contribution in [0, 0.1) is 6.92 Å². The van der Waals surface area contributed by atoms with E-state index in [9.17, 15) is 5.11 Å². The van der Waals surface area contributed by atoms with Crippen molar-refractivity contribution in [2.24, 2.45) is 0 Å². The van der Waals surface area contributed by atoms with Crippen LogP contribution in [0.1, 0.15) is 70.3 Å². The van der Waals surface area contributed by atoms with Crippen LogP contribution in [0.3, 0.4) is 0 Å². The molecule has 0 aromatic heterocycles. The molecule has 0 fully saturated rings. The lowest BCUT2D eigenvalue weighted by Gasteiger charge is -2.12. The predicted octanol–water partition coefficient (Wildman–Crippen LogP) is 5.27. The van der Waals surface area contributed by atoms with Gasteiger partial charge in [0.25, 0.3) is 0 Å². The summed E-state index contributed by atoms with van der Waals surface area (Å²) < 4.78 is 5.67. The van der Waals surface area contributed by atoms with Crippen LogP contribution in [0.15, 0.2) is 24.3 Å². The molecular formula is C19H32O2. The van der Waals surface area contributed by atoms with Gasteiger partial charge >= 0.3 is 0 Å². The summed E-state index contributed by atoms with van der Waals surface area (Å²) in [7, 11) is 0. The van der Waals surface area contributed by atoms with Crippen molar-refractivity contribution in [1.82, 2.24) is 0 Å². The highest BCUT2D eigenvalue weighted by molar-refractivity contribution is 5.27. The minimum Gasteiger partial charge on any atom is -0.493 e. The molecule has 1 unspecified atom stereocenters. The zero-order valence-electron chi connectivity index (χ0n) is 13.8. The third-order valence-corrected chi connectivity index (χ3v) is 3.85. The number of aliphatic hydroxyl groups is 1. The average molecular weight is 292 g/mol. The van der Waals surface area contributed by atoms with Crippen molar-refractivity contribution in [3.63, 3.8) is 0 Å². The van der Waals surface area contributed by atoms with Crippen molar-refractivity contribution in [3.8, 4) is 5.75 Å². The monoisotopic (exact) mass is 292 g/mol. The quantitative estimate of drug-likeness (QED) is 0.532. The Bertz CT molecular complexity index is 362. The highest BCUT2D eigenvalue weighted by atomic mass is 16.5. The SMILES string of the molecule is CCCCCCCCCC(O)CCOc1cccc(C)c1. The molecule has 21 heavy (non-hydrogen) atoms. The van der Waals surface area contributed by atoms with Gasteiger partial charge < -0.3 is 9.84 Å². The molecule has 0 aliphatic heterocycles. The van der Waals surface area contributed by atoms with E-state index in [0.717, 1.165) is 25.0 Å². The molecule has 0 amide bonds. The van der Waals surface area contributed by atoms with E-state index in [0.29, 0.717) is 6.61 Å². The van der Waals surface area contributed by atoms with Crippen molar-refractivity contribution in [1.29, 1.82) is 0 Å². The van der Waals surface area contributed by atoms with Gasteiger partial charge in [-0.1, -0.05) is 64.0 Å². The van der Waals surface area contributed by atoms with Gasteiger partial charge in [0.15, 0.2) is 0 Å². The number of aliphatic hydroxyl groups excluding tert-OH is 1. The van der Waals surface area contributed by atoms with Crippen molar-refractivity contribution in [2.45, 2.75) is 77.7 Å². The Labute approximate surface area is 130 Å². The van der Waals surface area contributed by atoms with E-state index in [-0.39, 0.29) is 6.10 Å². The van der Waals surface area contributed by atoms with Gasteiger partial charge in [-0.25, -0.2) is 0 Å². The van der Waals surface area contributed by atoms with Crippen molar-refractivity contribution >= 4 is 0 Å². The third-order valence-electron chi connectivity index (χ3n) is 3.85. The van der Waals surface area contributed by atoms with Crippen LogP contribution >= 0.6 is 0 Å². The maximum Gasteiger partial charge on any atom is 0.119 e. The summed E-state index contributed by atoms with van der Waals surface area (Å²) in [6, 6.07) is 8.06. The first kappa shape index (κ1) is 18.0. The second kappa shape index (κ2) is 11.6. The van der Waals surface area contributed by atoms with Crippen molar-refractivity contribution in [2.75, 3.05) is 6.61 Å². The normalized spacial score (nSPS) is 12.3. The maximum absolute atomic E-state index is 9.94. The standard InChI is InChI=1S/C19H32O2/c1-3-4-5-6-7-8-9-12-18(20)14-15-21-19-13-10-11-17(2)16-19/h10-11,13,16,18,20H,3-9,12,14-15H2,1-2H3. The average Bonchev–Trinajstić information content (AvgIpc) is 2.46. The third kappa shape index (κ3) is 9.52. The van der Waals surface area contributed by atoms with E-state index in [1.54, 1.807) is 0 Å². The summed E-state index contributed by atoms with van der Waals surface area (Å²) in [5, 5.41) is 9.94. The molecule has 1 rings (SSSR count). The topological polar surface area (TPSA) is 29.5 Å². The molecule has 0 heterocycles. The Morgan fingerprint density at radius 1 is 1.00 bits per heavy atom. The van der Waals surface area contributed by atoms with Gasteiger partial charge in [0.2, 0.25) is 0 Å². The summed E-state index contributed by atoms with van der Waals surface area (Å²) >= 11 is 0. The molecule has 0 radical (unpaired) electrons. The van der Waals surface area contributed by atoms with Crippen molar-refractivity contribution < 1.29 is 9.84 Å². The second-order valence-corrected chi connectivity index (χ2v) is 6.02. The molecule has 120 valence electrons. The zero-order valence-corrected chi connectivity index (χ0v) is 13.8. The Morgan fingerprint density at radius 2 is 1.71 bits per heavy atom. The van der Waals surface area contributed by atoms with E-state index >= 15 is 0 Å². The molecule has 1 N–H and O–H groups in total. The van der Waals surface area contributed by atoms with Gasteiger partial charge in [0, 0.05) is 6.42 Å². The van der Waals surface area contributed by atoms with Crippen LogP contribution in [0.5, 0.6) is 5.75 Å². The highest BCUT2D eigenvalue weighted by Crippen LogP contribution is 2.14. The molecular weight excluding hydrogens is 260 g/mol. The fourth-order valence-electron chi connectivity index (χ4n) is 2.50. The fourth-order valence-corrected chi connectivity index (χ4v) is 2.50. The number of unbranched alkanes of at least 4 members (excludes halogenated alkanes) is 6. The van der Waals surface area contributed by atoms with Crippen LogP contribution in [0.25, 0.3) is 0 Å². The molecule has 2 nitrogen and oxygen atoms in total. The number of benzene rings is 1. The van der Waals surface area contributed by atoms with Gasteiger partial charge in [-0.05, 0) is 31.0 Å². The molecule has 1 atom stereocenters. The Morgan fingerprint density at radius 3 is 2.43 bits per heavy atom. The number of aryl methyl sites for hydroxylation is 1. The summed E-state index contributed by atoms with van der Waals surface area (Å²) in [5.74, 6) is 0.901. The lowest BCUT2D eigenvalue weighted by atomic mass is 10.1. The minimum atomic E-state index is -0.217. The largest absolute Gasteiger partial charge is 0.493 e. The fraction of sp³-hybridized carbons (Fsp3) is 0.684. The van der Waals surface area contributed by atoms with Gasteiger partial charge in [-0.2, -0.15) is 0 Å². The number of ether oxygens (including phenoxy) is 1. The van der Waals surface area contributed by atoms with E-state index in [1.807, 2.05) is 18.2 Å². The summed E-state index contributed by atoms with van der Waals surface area (Å²) in [6.45, 7) is 4.90. The zero-order chi connectivity index (χ0) is 15.3. The van der Waals surface area contributed by atoms with Crippen LogP contribution in [-0.4, -0.2) is 17.8 Å². The maximum atomic E-state index is 9.94. The van der Waals surface area contributed by atoms with Gasteiger partial charge in [0.05, 0.1) is 12.7 Å². The van der Waals surface area contributed by atoms with E-state index < -0.39 is 0 Å². The Balaban J connectivity index is 1.97. The molecule has 0 aliphatic rings. The summed E-state index contributed by atoms with van der Waals surface area (Å²) in [4.78, 5) is 0. The summed E-state index contributed by atoms with van der Waals surface area (Å²) in [5.41, 5.74) is 1.20. The first-order valence-corrected chi connectivity index (χ1v) is 8.60. The highest BCUT2D eigenvalue weighted by Gasteiger charge is 2.04. The molecule has 2 heteroatoms. The first-order chi connectivity index (χ1) is 10.2. The van der Waals surface area contributed by atoms with Gasteiger partial charge in [-0.15, -0.1) is 0 Å². The second-order valence-electron chi connectivity index (χ2n) is 6.02. The first-order valence-electron chi connectivity index (χ1n) is 8.60. The smallest absolute Gasteiger partial charge is 0.119 e. The van der Waals surface area contributed by atoms with Gasteiger partial charge in [0.1, 0.15) is 5.75 Å². The Kier molecular flexibility index (Phi) is 9.98. The lowest BCUT2D eigenvalue weighted by molar-refractivity contribution is 0.128. The number of hydrogen-bond acceptors (Lipinski definition) is 2. The van der Waals surface area contributed by atoms with E-state index in [1.165, 1.54) is 44.1 Å². The van der Waals surface area contributed by atoms with Crippen LogP contribution < -0.4 is 4.74 Å². The molecule has 0 aliphatic carbocycles. The molecule has 0 saturated carbocycles. The molecule has 0 bridgehead atoms. The molecule has 0 spiro atoms. The molecule has 1 aromatic carbocycles. The lowest BCUT2D eigenvalue weighted by Crippen LogP contribution is -2.11. The van der Waals surface area contributed by atoms with Gasteiger partial charge in [-0.3, -0.25) is 0 Å².